The zero-order valence-corrected chi connectivity index (χ0v) is 16.5. The van der Waals surface area contributed by atoms with Gasteiger partial charge >= 0.3 is 0 Å². The summed E-state index contributed by atoms with van der Waals surface area (Å²) in [7, 11) is 0. The second-order valence-corrected chi connectivity index (χ2v) is 7.47. The zero-order valence-electron chi connectivity index (χ0n) is 15.0. The van der Waals surface area contributed by atoms with Crippen LogP contribution in [0.2, 0.25) is 0 Å². The van der Waals surface area contributed by atoms with Gasteiger partial charge in [0.2, 0.25) is 11.8 Å². The van der Waals surface area contributed by atoms with Crippen molar-refractivity contribution in [1.29, 1.82) is 0 Å². The molecule has 1 atom stereocenters. The van der Waals surface area contributed by atoms with Crippen molar-refractivity contribution in [1.82, 2.24) is 14.8 Å². The number of aryl methyl sites for hydroxylation is 1. The highest BCUT2D eigenvalue weighted by molar-refractivity contribution is 9.10. The van der Waals surface area contributed by atoms with Crippen LogP contribution in [0.4, 0.5) is 5.69 Å². The first kappa shape index (κ1) is 18.7. The molecule has 0 fully saturated rings. The van der Waals surface area contributed by atoms with Gasteiger partial charge in [0.25, 0.3) is 0 Å². The van der Waals surface area contributed by atoms with Gasteiger partial charge in [0.05, 0.1) is 13.1 Å². The number of nitrogens with zero attached hydrogens (tertiary/aromatic N) is 2. The molecule has 26 heavy (non-hydrogen) atoms. The maximum Gasteiger partial charge on any atom is 0.243 e. The maximum atomic E-state index is 12.2. The molecule has 138 valence electrons. The fraction of sp³-hybridized carbons (Fsp3) is 0.368. The number of halogens is 1. The largest absolute Gasteiger partial charge is 0.349 e. The molecule has 7 heteroatoms. The third-order valence-corrected chi connectivity index (χ3v) is 5.22. The molecule has 0 radical (unpaired) electrons. The third kappa shape index (κ3) is 4.34. The summed E-state index contributed by atoms with van der Waals surface area (Å²) in [6.45, 7) is 5.97. The Kier molecular flexibility index (Phi) is 5.78. The molecule has 3 rings (SSSR count). The molecule has 0 spiro atoms. The summed E-state index contributed by atoms with van der Waals surface area (Å²) >= 11 is 3.40. The molecule has 2 heterocycles. The first-order valence-corrected chi connectivity index (χ1v) is 9.45. The first-order valence-electron chi connectivity index (χ1n) is 8.66. The zero-order chi connectivity index (χ0) is 18.7. The van der Waals surface area contributed by atoms with E-state index in [0.29, 0.717) is 0 Å². The van der Waals surface area contributed by atoms with E-state index in [2.05, 4.69) is 55.2 Å². The van der Waals surface area contributed by atoms with Crippen molar-refractivity contribution in [3.63, 3.8) is 0 Å². The Hall–Kier alpha value is -2.12. The third-order valence-electron chi connectivity index (χ3n) is 4.72. The predicted octanol–water partition coefficient (Wildman–Crippen LogP) is 2.69. The normalized spacial score (nSPS) is 16.8. The van der Waals surface area contributed by atoms with E-state index in [1.807, 2.05) is 31.2 Å². The van der Waals surface area contributed by atoms with E-state index in [-0.39, 0.29) is 30.9 Å². The summed E-state index contributed by atoms with van der Waals surface area (Å²) < 4.78 is 3.18. The Morgan fingerprint density at radius 1 is 1.23 bits per heavy atom. The molecule has 6 nitrogen and oxygen atoms in total. The van der Waals surface area contributed by atoms with Crippen molar-refractivity contribution in [3.05, 3.63) is 52.3 Å². The van der Waals surface area contributed by atoms with Crippen LogP contribution in [0.5, 0.6) is 0 Å². The number of carbonyl (C=O) groups is 2. The number of nitrogens with one attached hydrogen (secondary N) is 2. The lowest BCUT2D eigenvalue weighted by atomic mass is 10.1. The summed E-state index contributed by atoms with van der Waals surface area (Å²) in [5.74, 6) is -0.371. The number of fused-ring (bicyclic) bond motifs is 1. The fourth-order valence-corrected chi connectivity index (χ4v) is 3.70. The number of anilines is 1. The Labute approximate surface area is 161 Å². The number of hydrogen-bond acceptors (Lipinski definition) is 3. The van der Waals surface area contributed by atoms with Crippen LogP contribution in [0.15, 0.2) is 41.0 Å². The molecule has 0 saturated heterocycles. The van der Waals surface area contributed by atoms with Crippen molar-refractivity contribution in [2.75, 3.05) is 25.0 Å². The minimum atomic E-state index is -0.232. The van der Waals surface area contributed by atoms with E-state index in [0.717, 1.165) is 28.8 Å². The van der Waals surface area contributed by atoms with Gasteiger partial charge in [0, 0.05) is 41.2 Å². The van der Waals surface area contributed by atoms with Crippen LogP contribution in [0.1, 0.15) is 24.2 Å². The number of amides is 2. The standard InChI is InChI=1S/C19H23BrN4O2/c1-13-10-15(20)5-6-16(13)22-18(25)11-21-19(26)12-24-9-8-23-7-3-4-17(23)14(24)2/h3-7,10,14H,8-9,11-12H2,1-2H3,(H,21,26)(H,22,25). The van der Waals surface area contributed by atoms with Gasteiger partial charge in [0.15, 0.2) is 0 Å². The molecular weight excluding hydrogens is 396 g/mol. The van der Waals surface area contributed by atoms with E-state index >= 15 is 0 Å². The molecule has 1 aromatic carbocycles. The highest BCUT2D eigenvalue weighted by Crippen LogP contribution is 2.24. The number of benzene rings is 1. The molecule has 0 saturated carbocycles. The van der Waals surface area contributed by atoms with Crippen LogP contribution in [0.3, 0.4) is 0 Å². The van der Waals surface area contributed by atoms with E-state index in [1.165, 1.54) is 5.69 Å². The van der Waals surface area contributed by atoms with Crippen LogP contribution < -0.4 is 10.6 Å². The van der Waals surface area contributed by atoms with E-state index in [1.54, 1.807) is 0 Å². The number of hydrogen-bond donors (Lipinski definition) is 2. The Balaban J connectivity index is 1.47. The summed E-state index contributed by atoms with van der Waals surface area (Å²) in [5.41, 5.74) is 2.93. The lowest BCUT2D eigenvalue weighted by Gasteiger charge is -2.34. The van der Waals surface area contributed by atoms with Gasteiger partial charge < -0.3 is 15.2 Å². The van der Waals surface area contributed by atoms with E-state index in [4.69, 9.17) is 0 Å². The molecule has 2 aromatic rings. The van der Waals surface area contributed by atoms with Crippen LogP contribution in [0, 0.1) is 6.92 Å². The van der Waals surface area contributed by atoms with E-state index in [9.17, 15) is 9.59 Å². The van der Waals surface area contributed by atoms with Gasteiger partial charge in [-0.15, -0.1) is 0 Å². The molecule has 1 aromatic heterocycles. The van der Waals surface area contributed by atoms with Crippen LogP contribution >= 0.6 is 15.9 Å². The molecule has 0 bridgehead atoms. The van der Waals surface area contributed by atoms with Crippen molar-refractivity contribution in [3.8, 4) is 0 Å². The average molecular weight is 419 g/mol. The summed E-state index contributed by atoms with van der Waals surface area (Å²) in [4.78, 5) is 26.4. The summed E-state index contributed by atoms with van der Waals surface area (Å²) in [6.07, 6.45) is 2.07. The number of carbonyl (C=O) groups excluding carboxylic acids is 2. The minimum Gasteiger partial charge on any atom is -0.349 e. The lowest BCUT2D eigenvalue weighted by molar-refractivity contribution is -0.125. The average Bonchev–Trinajstić information content (AvgIpc) is 3.08. The van der Waals surface area contributed by atoms with Gasteiger partial charge in [0.1, 0.15) is 0 Å². The Morgan fingerprint density at radius 2 is 2.04 bits per heavy atom. The van der Waals surface area contributed by atoms with Crippen molar-refractivity contribution < 1.29 is 9.59 Å². The number of aromatic nitrogens is 1. The maximum absolute atomic E-state index is 12.2. The topological polar surface area (TPSA) is 66.4 Å². The molecule has 2 N–H and O–H groups in total. The van der Waals surface area contributed by atoms with Gasteiger partial charge in [-0.05, 0) is 49.7 Å². The minimum absolute atomic E-state index is 0.0348. The van der Waals surface area contributed by atoms with Crippen molar-refractivity contribution in [2.45, 2.75) is 26.4 Å². The molecule has 2 amide bonds. The second-order valence-electron chi connectivity index (χ2n) is 6.56. The molecule has 1 aliphatic rings. The Morgan fingerprint density at radius 3 is 2.81 bits per heavy atom. The van der Waals surface area contributed by atoms with Crippen LogP contribution in [-0.2, 0) is 16.1 Å². The van der Waals surface area contributed by atoms with Crippen molar-refractivity contribution >= 4 is 33.4 Å². The molecule has 1 aliphatic heterocycles. The van der Waals surface area contributed by atoms with Gasteiger partial charge in [-0.1, -0.05) is 15.9 Å². The first-order chi connectivity index (χ1) is 12.4. The monoisotopic (exact) mass is 418 g/mol. The lowest BCUT2D eigenvalue weighted by Crippen LogP contribution is -2.44. The Bertz CT molecular complexity index is 818. The highest BCUT2D eigenvalue weighted by Gasteiger charge is 2.25. The second kappa shape index (κ2) is 8.05. The van der Waals surface area contributed by atoms with Crippen LogP contribution in [-0.4, -0.2) is 40.9 Å². The predicted molar refractivity (Wildman–Crippen MR) is 105 cm³/mol. The fourth-order valence-electron chi connectivity index (χ4n) is 3.22. The molecular formula is C19H23BrN4O2. The smallest absolute Gasteiger partial charge is 0.243 e. The quantitative estimate of drug-likeness (QED) is 0.784. The highest BCUT2D eigenvalue weighted by atomic mass is 79.9. The summed E-state index contributed by atoms with van der Waals surface area (Å²) in [5, 5.41) is 5.53. The molecule has 1 unspecified atom stereocenters. The van der Waals surface area contributed by atoms with E-state index < -0.39 is 0 Å². The van der Waals surface area contributed by atoms with Gasteiger partial charge in [-0.25, -0.2) is 0 Å². The molecule has 0 aliphatic carbocycles. The van der Waals surface area contributed by atoms with Crippen LogP contribution in [0.25, 0.3) is 0 Å². The van der Waals surface area contributed by atoms with Gasteiger partial charge in [-0.3, -0.25) is 14.5 Å². The van der Waals surface area contributed by atoms with Crippen molar-refractivity contribution in [2.24, 2.45) is 0 Å². The number of rotatable bonds is 5. The van der Waals surface area contributed by atoms with Gasteiger partial charge in [-0.2, -0.15) is 0 Å². The SMILES string of the molecule is Cc1cc(Br)ccc1NC(=O)CNC(=O)CN1CCn2cccc2C1C. The summed E-state index contributed by atoms with van der Waals surface area (Å²) in [6, 6.07) is 9.94.